The Morgan fingerprint density at radius 2 is 2.08 bits per heavy atom. The topological polar surface area (TPSA) is 122 Å². The number of hydrogen-bond acceptors (Lipinski definition) is 7. The number of amidine groups is 1. The number of hydrogen-bond donors (Lipinski definition) is 1. The van der Waals surface area contributed by atoms with Crippen LogP contribution in [-0.4, -0.2) is 56.1 Å². The second-order valence-corrected chi connectivity index (χ2v) is 7.56. The molecule has 9 nitrogen and oxygen atoms in total. The molecule has 1 aromatic carbocycles. The molecule has 2 amide bonds. The zero-order valence-corrected chi connectivity index (χ0v) is 14.8. The number of imide groups is 1. The van der Waals surface area contributed by atoms with Gasteiger partial charge in [-0.25, -0.2) is 13.2 Å². The van der Waals surface area contributed by atoms with Gasteiger partial charge in [0.15, 0.2) is 6.61 Å². The Morgan fingerprint density at radius 1 is 1.35 bits per heavy atom. The summed E-state index contributed by atoms with van der Waals surface area (Å²) >= 11 is 0. The number of benzene rings is 1. The lowest BCUT2D eigenvalue weighted by molar-refractivity contribution is -0.155. The first-order valence-electron chi connectivity index (χ1n) is 7.99. The van der Waals surface area contributed by atoms with Crippen molar-refractivity contribution in [3.63, 3.8) is 0 Å². The molecule has 2 aliphatic rings. The van der Waals surface area contributed by atoms with Crippen molar-refractivity contribution in [1.82, 2.24) is 9.62 Å². The van der Waals surface area contributed by atoms with Crippen LogP contribution in [0.5, 0.6) is 0 Å². The number of likely N-dealkylation sites (tertiary alicyclic amines) is 1. The molecular formula is C16H17N3O6S. The van der Waals surface area contributed by atoms with Crippen LogP contribution in [0, 0.1) is 0 Å². The van der Waals surface area contributed by atoms with Gasteiger partial charge in [-0.15, -0.1) is 0 Å². The van der Waals surface area contributed by atoms with Gasteiger partial charge in [-0.2, -0.15) is 0 Å². The van der Waals surface area contributed by atoms with Crippen LogP contribution in [0.15, 0.2) is 34.2 Å². The number of nitrogens with one attached hydrogen (secondary N) is 1. The molecule has 26 heavy (non-hydrogen) atoms. The highest BCUT2D eigenvalue weighted by molar-refractivity contribution is 7.90. The van der Waals surface area contributed by atoms with Crippen LogP contribution < -0.4 is 4.72 Å². The molecule has 2 aliphatic heterocycles. The van der Waals surface area contributed by atoms with Gasteiger partial charge in [-0.1, -0.05) is 12.1 Å². The van der Waals surface area contributed by atoms with E-state index in [4.69, 9.17) is 4.74 Å². The van der Waals surface area contributed by atoms with Gasteiger partial charge < -0.3 is 4.74 Å². The number of sulfonamides is 1. The fraction of sp³-hybridized carbons (Fsp3) is 0.375. The highest BCUT2D eigenvalue weighted by Crippen LogP contribution is 2.22. The van der Waals surface area contributed by atoms with Crippen LogP contribution in [0.1, 0.15) is 25.3 Å². The number of ether oxygens (including phenoxy) is 1. The monoisotopic (exact) mass is 379 g/mol. The molecule has 3 rings (SSSR count). The van der Waals surface area contributed by atoms with Gasteiger partial charge in [-0.05, 0) is 25.5 Å². The molecule has 0 radical (unpaired) electrons. The molecule has 0 spiro atoms. The van der Waals surface area contributed by atoms with Crippen LogP contribution >= 0.6 is 0 Å². The molecule has 0 aromatic heterocycles. The minimum atomic E-state index is -3.70. The Hall–Kier alpha value is -2.75. The van der Waals surface area contributed by atoms with Crippen LogP contribution in [-0.2, 0) is 29.1 Å². The van der Waals surface area contributed by atoms with Crippen molar-refractivity contribution in [3.05, 3.63) is 29.8 Å². The summed E-state index contributed by atoms with van der Waals surface area (Å²) in [7, 11) is -3.70. The molecule has 1 fully saturated rings. The van der Waals surface area contributed by atoms with Crippen molar-refractivity contribution in [2.75, 3.05) is 13.2 Å². The smallest absolute Gasteiger partial charge is 0.331 e. The molecular weight excluding hydrogens is 362 g/mol. The maximum Gasteiger partial charge on any atom is 0.331 e. The number of fused-ring (bicyclic) bond motifs is 1. The second-order valence-electron chi connectivity index (χ2n) is 5.91. The standard InChI is InChI=1S/C16H17N3O6S/c1-10(16(22)25-9-14(21)19-8-4-7-13(19)20)17-15-11-5-2-3-6-12(11)26(23,24)18-15/h2-3,5-6,10H,4,7-9H2,1H3,(H,17,18). The SMILES string of the molecule is CC(N=C1NS(=O)(=O)c2ccccc21)C(=O)OCC(=O)N1CCCC1=O. The van der Waals surface area contributed by atoms with E-state index >= 15 is 0 Å². The van der Waals surface area contributed by atoms with Gasteiger partial charge in [0, 0.05) is 18.5 Å². The number of aliphatic imine (C=N–C) groups is 1. The predicted molar refractivity (Wildman–Crippen MR) is 89.7 cm³/mol. The normalized spacial score (nSPS) is 20.6. The lowest BCUT2D eigenvalue weighted by Gasteiger charge is -2.14. The molecule has 1 N–H and O–H groups in total. The molecule has 2 heterocycles. The summed E-state index contributed by atoms with van der Waals surface area (Å²) in [5.41, 5.74) is 0.367. The summed E-state index contributed by atoms with van der Waals surface area (Å²) in [5, 5.41) is 0. The van der Waals surface area contributed by atoms with E-state index in [9.17, 15) is 22.8 Å². The van der Waals surface area contributed by atoms with Gasteiger partial charge in [-0.3, -0.25) is 24.2 Å². The fourth-order valence-electron chi connectivity index (χ4n) is 2.72. The first kappa shape index (κ1) is 18.1. The van der Waals surface area contributed by atoms with E-state index in [2.05, 4.69) is 9.71 Å². The molecule has 0 aliphatic carbocycles. The summed E-state index contributed by atoms with van der Waals surface area (Å²) in [6.07, 6.45) is 0.908. The third kappa shape index (κ3) is 3.45. The van der Waals surface area contributed by atoms with E-state index in [-0.39, 0.29) is 16.6 Å². The van der Waals surface area contributed by atoms with Crippen LogP contribution in [0.2, 0.25) is 0 Å². The van der Waals surface area contributed by atoms with Crippen molar-refractivity contribution in [3.8, 4) is 0 Å². The number of carbonyl (C=O) groups is 3. The summed E-state index contributed by atoms with van der Waals surface area (Å²) < 4.78 is 31.2. The highest BCUT2D eigenvalue weighted by atomic mass is 32.2. The van der Waals surface area contributed by atoms with E-state index in [0.717, 1.165) is 4.90 Å². The van der Waals surface area contributed by atoms with E-state index in [1.807, 2.05) is 0 Å². The summed E-state index contributed by atoms with van der Waals surface area (Å²) in [6.45, 7) is 1.20. The summed E-state index contributed by atoms with van der Waals surface area (Å²) in [6, 6.07) is 5.23. The van der Waals surface area contributed by atoms with Crippen molar-refractivity contribution in [1.29, 1.82) is 0 Å². The minimum absolute atomic E-state index is 0.0473. The Labute approximate surface area is 150 Å². The lowest BCUT2D eigenvalue weighted by atomic mass is 10.2. The molecule has 0 bridgehead atoms. The Bertz CT molecular complexity index is 908. The zero-order chi connectivity index (χ0) is 18.9. The number of esters is 1. The van der Waals surface area contributed by atoms with Crippen molar-refractivity contribution in [2.45, 2.75) is 30.7 Å². The molecule has 1 saturated heterocycles. The molecule has 0 saturated carbocycles. The van der Waals surface area contributed by atoms with Crippen LogP contribution in [0.3, 0.4) is 0 Å². The summed E-state index contributed by atoms with van der Waals surface area (Å²) in [4.78, 5) is 40.6. The van der Waals surface area contributed by atoms with Gasteiger partial charge >= 0.3 is 5.97 Å². The number of nitrogens with zero attached hydrogens (tertiary/aromatic N) is 2. The van der Waals surface area contributed by atoms with Crippen molar-refractivity contribution < 1.29 is 27.5 Å². The van der Waals surface area contributed by atoms with Crippen LogP contribution in [0.4, 0.5) is 0 Å². The van der Waals surface area contributed by atoms with E-state index < -0.39 is 34.5 Å². The second kappa shape index (κ2) is 6.87. The quantitative estimate of drug-likeness (QED) is 0.723. The molecule has 1 aromatic rings. The number of amides is 2. The average molecular weight is 379 g/mol. The largest absolute Gasteiger partial charge is 0.454 e. The third-order valence-corrected chi connectivity index (χ3v) is 5.44. The number of rotatable bonds is 4. The van der Waals surface area contributed by atoms with E-state index in [1.54, 1.807) is 18.2 Å². The predicted octanol–water partition coefficient (Wildman–Crippen LogP) is -0.194. The van der Waals surface area contributed by atoms with Crippen molar-refractivity contribution >= 4 is 33.6 Å². The van der Waals surface area contributed by atoms with Gasteiger partial charge in [0.25, 0.3) is 15.9 Å². The molecule has 1 atom stereocenters. The van der Waals surface area contributed by atoms with Gasteiger partial charge in [0.2, 0.25) is 5.91 Å². The third-order valence-electron chi connectivity index (χ3n) is 4.04. The lowest BCUT2D eigenvalue weighted by Crippen LogP contribution is -2.36. The first-order chi connectivity index (χ1) is 12.3. The molecule has 10 heteroatoms. The fourth-order valence-corrected chi connectivity index (χ4v) is 3.96. The minimum Gasteiger partial charge on any atom is -0.454 e. The Kier molecular flexibility index (Phi) is 4.77. The average Bonchev–Trinajstić information content (AvgIpc) is 3.14. The Balaban J connectivity index is 1.65. The molecule has 1 unspecified atom stereocenters. The van der Waals surface area contributed by atoms with E-state index in [1.165, 1.54) is 13.0 Å². The van der Waals surface area contributed by atoms with Crippen LogP contribution in [0.25, 0.3) is 0 Å². The number of carbonyl (C=O) groups excluding carboxylic acids is 3. The zero-order valence-electron chi connectivity index (χ0n) is 14.0. The first-order valence-corrected chi connectivity index (χ1v) is 9.48. The summed E-state index contributed by atoms with van der Waals surface area (Å²) in [5.74, 6) is -1.60. The van der Waals surface area contributed by atoms with Gasteiger partial charge in [0.05, 0.1) is 4.90 Å². The Morgan fingerprint density at radius 3 is 2.77 bits per heavy atom. The molecule has 138 valence electrons. The van der Waals surface area contributed by atoms with Gasteiger partial charge in [0.1, 0.15) is 11.9 Å². The highest BCUT2D eigenvalue weighted by Gasteiger charge is 2.32. The maximum atomic E-state index is 12.0. The van der Waals surface area contributed by atoms with E-state index in [0.29, 0.717) is 24.9 Å². The maximum absolute atomic E-state index is 12.0. The van der Waals surface area contributed by atoms with Crippen molar-refractivity contribution in [2.24, 2.45) is 4.99 Å².